The highest BCUT2D eigenvalue weighted by Gasteiger charge is 2.58. The number of imidazole rings is 1. The number of benzene rings is 1. The summed E-state index contributed by atoms with van der Waals surface area (Å²) < 4.78 is 40.9. The first-order valence-electron chi connectivity index (χ1n) is 7.20. The van der Waals surface area contributed by atoms with Crippen LogP contribution in [0.1, 0.15) is 22.6 Å². The molecule has 2 amide bonds. The van der Waals surface area contributed by atoms with Gasteiger partial charge >= 0.3 is 6.18 Å². The molecule has 1 aromatic carbocycles. The highest BCUT2D eigenvalue weighted by atomic mass is 19.4. The zero-order chi connectivity index (χ0) is 19.5. The van der Waals surface area contributed by atoms with Crippen molar-refractivity contribution in [3.05, 3.63) is 48.0 Å². The second kappa shape index (κ2) is 7.04. The van der Waals surface area contributed by atoms with E-state index in [0.717, 1.165) is 16.8 Å². The van der Waals surface area contributed by atoms with E-state index in [-0.39, 0.29) is 11.3 Å². The molecule has 0 fully saturated rings. The molecule has 2 aromatic rings. The van der Waals surface area contributed by atoms with Crippen LogP contribution in [0.5, 0.6) is 5.75 Å². The molecule has 1 atom stereocenters. The number of nitrogens with one attached hydrogen (secondary N) is 2. The number of alkyl halides is 3. The van der Waals surface area contributed by atoms with E-state index in [1.807, 2.05) is 5.43 Å². The smallest absolute Gasteiger partial charge is 0.425 e. The van der Waals surface area contributed by atoms with Crippen molar-refractivity contribution in [2.45, 2.75) is 18.2 Å². The van der Waals surface area contributed by atoms with Crippen molar-refractivity contribution < 1.29 is 33.0 Å². The molecule has 0 bridgehead atoms. The van der Waals surface area contributed by atoms with Crippen LogP contribution in [0.3, 0.4) is 0 Å². The Labute approximate surface area is 145 Å². The molecule has 0 aliphatic heterocycles. The summed E-state index contributed by atoms with van der Waals surface area (Å²) in [4.78, 5) is 27.1. The largest absolute Gasteiger partial charge is 0.508 e. The summed E-state index contributed by atoms with van der Waals surface area (Å²) >= 11 is 0. The number of phenolic OH excluding ortho intramolecular Hbond substituents is 1. The number of aryl methyl sites for hydroxylation is 1. The maximum absolute atomic E-state index is 13.3. The van der Waals surface area contributed by atoms with Crippen LogP contribution in [0.4, 0.5) is 13.2 Å². The third-order valence-corrected chi connectivity index (χ3v) is 3.50. The molecular weight excluding hydrogens is 357 g/mol. The van der Waals surface area contributed by atoms with Gasteiger partial charge in [0.05, 0.1) is 6.42 Å². The van der Waals surface area contributed by atoms with Gasteiger partial charge in [-0.15, -0.1) is 0 Å². The number of nitrogens with zero attached hydrogens (tertiary/aromatic N) is 2. The highest BCUT2D eigenvalue weighted by Crippen LogP contribution is 2.40. The van der Waals surface area contributed by atoms with E-state index in [2.05, 4.69) is 4.98 Å². The number of hydrazine groups is 1. The van der Waals surface area contributed by atoms with Gasteiger partial charge in [0.25, 0.3) is 5.91 Å². The molecule has 140 valence electrons. The number of amides is 2. The first-order valence-corrected chi connectivity index (χ1v) is 7.20. The Bertz CT molecular complexity index is 821. The lowest BCUT2D eigenvalue weighted by molar-refractivity contribution is -0.271. The van der Waals surface area contributed by atoms with Gasteiger partial charge in [0.1, 0.15) is 5.75 Å². The Morgan fingerprint density at radius 3 is 2.50 bits per heavy atom. The lowest BCUT2D eigenvalue weighted by Gasteiger charge is -2.29. The summed E-state index contributed by atoms with van der Waals surface area (Å²) in [7, 11) is 1.24. The van der Waals surface area contributed by atoms with Crippen molar-refractivity contribution in [3.8, 4) is 5.75 Å². The van der Waals surface area contributed by atoms with Gasteiger partial charge in [0, 0.05) is 25.0 Å². The quantitative estimate of drug-likeness (QED) is 0.591. The summed E-state index contributed by atoms with van der Waals surface area (Å²) in [6.07, 6.45) is -4.36. The molecule has 0 saturated heterocycles. The predicted molar refractivity (Wildman–Crippen MR) is 81.5 cm³/mol. The second-order valence-electron chi connectivity index (χ2n) is 5.45. The first kappa shape index (κ1) is 19.2. The molecule has 0 saturated carbocycles. The Hall–Kier alpha value is -3.08. The first-order chi connectivity index (χ1) is 12.0. The van der Waals surface area contributed by atoms with Crippen LogP contribution in [0.15, 0.2) is 36.7 Å². The molecule has 0 spiro atoms. The fourth-order valence-electron chi connectivity index (χ4n) is 2.19. The van der Waals surface area contributed by atoms with Gasteiger partial charge in [0.2, 0.25) is 11.5 Å². The zero-order valence-electron chi connectivity index (χ0n) is 13.4. The molecule has 4 N–H and O–H groups in total. The third-order valence-electron chi connectivity index (χ3n) is 3.50. The van der Waals surface area contributed by atoms with Gasteiger partial charge in [-0.05, 0) is 18.2 Å². The van der Waals surface area contributed by atoms with Crippen molar-refractivity contribution >= 4 is 11.8 Å². The third kappa shape index (κ3) is 3.94. The molecule has 0 aliphatic rings. The minimum absolute atomic E-state index is 0.0273. The Balaban J connectivity index is 2.09. The van der Waals surface area contributed by atoms with Crippen LogP contribution in [0, 0.1) is 0 Å². The van der Waals surface area contributed by atoms with E-state index < -0.39 is 35.8 Å². The van der Waals surface area contributed by atoms with E-state index in [0.29, 0.717) is 0 Å². The van der Waals surface area contributed by atoms with Gasteiger partial charge in [-0.1, -0.05) is 6.07 Å². The highest BCUT2D eigenvalue weighted by molar-refractivity contribution is 5.95. The van der Waals surface area contributed by atoms with Crippen LogP contribution < -0.4 is 10.9 Å². The monoisotopic (exact) mass is 372 g/mol. The fraction of sp³-hybridized carbons (Fsp3) is 0.267. The maximum Gasteiger partial charge on any atom is 0.425 e. The molecule has 0 aliphatic carbocycles. The number of aliphatic hydroxyl groups is 1. The SMILES string of the molecule is Cn1ccnc1C(O)(CC(=O)NNC(=O)c1cccc(O)c1)C(F)(F)F. The molecule has 26 heavy (non-hydrogen) atoms. The number of hydrogen-bond donors (Lipinski definition) is 4. The average molecular weight is 372 g/mol. The summed E-state index contributed by atoms with van der Waals surface area (Å²) in [6, 6.07) is 5.10. The number of halogens is 3. The van der Waals surface area contributed by atoms with Crippen molar-refractivity contribution in [1.29, 1.82) is 0 Å². The van der Waals surface area contributed by atoms with Crippen LogP contribution in [0.25, 0.3) is 0 Å². The van der Waals surface area contributed by atoms with Crippen LogP contribution in [-0.4, -0.2) is 37.8 Å². The van der Waals surface area contributed by atoms with Gasteiger partial charge in [-0.25, -0.2) is 4.98 Å². The normalized spacial score (nSPS) is 13.7. The number of carbonyl (C=O) groups excluding carboxylic acids is 2. The van der Waals surface area contributed by atoms with E-state index >= 15 is 0 Å². The summed E-state index contributed by atoms with van der Waals surface area (Å²) in [5, 5.41) is 19.3. The molecule has 8 nitrogen and oxygen atoms in total. The van der Waals surface area contributed by atoms with Crippen molar-refractivity contribution in [2.24, 2.45) is 7.05 Å². The standard InChI is InChI=1S/C15H15F3N4O4/c1-22-6-5-19-13(22)14(26,15(16,17)18)8-11(24)20-21-12(25)9-3-2-4-10(23)7-9/h2-7,23,26H,8H2,1H3,(H,20,24)(H,21,25). The number of aromatic hydroxyl groups is 1. The topological polar surface area (TPSA) is 116 Å². The number of aromatic nitrogens is 2. The molecule has 2 rings (SSSR count). The van der Waals surface area contributed by atoms with Crippen molar-refractivity contribution in [2.75, 3.05) is 0 Å². The van der Waals surface area contributed by atoms with Gasteiger partial charge < -0.3 is 14.8 Å². The van der Waals surface area contributed by atoms with Crippen molar-refractivity contribution in [3.63, 3.8) is 0 Å². The minimum Gasteiger partial charge on any atom is -0.508 e. The number of phenols is 1. The predicted octanol–water partition coefficient (Wildman–Crippen LogP) is 0.727. The molecular formula is C15H15F3N4O4. The van der Waals surface area contributed by atoms with Crippen LogP contribution in [0.2, 0.25) is 0 Å². The molecule has 1 heterocycles. The van der Waals surface area contributed by atoms with E-state index in [1.165, 1.54) is 31.4 Å². The van der Waals surface area contributed by atoms with Crippen LogP contribution >= 0.6 is 0 Å². The van der Waals surface area contributed by atoms with Gasteiger partial charge in [-0.2, -0.15) is 13.2 Å². The Morgan fingerprint density at radius 1 is 1.27 bits per heavy atom. The van der Waals surface area contributed by atoms with E-state index in [1.54, 1.807) is 5.43 Å². The number of carbonyl (C=O) groups is 2. The Kier molecular flexibility index (Phi) is 5.21. The number of rotatable bonds is 4. The second-order valence-corrected chi connectivity index (χ2v) is 5.45. The summed E-state index contributed by atoms with van der Waals surface area (Å²) in [5.74, 6) is -3.12. The Morgan fingerprint density at radius 2 is 1.96 bits per heavy atom. The van der Waals surface area contributed by atoms with Gasteiger partial charge in [0.15, 0.2) is 5.82 Å². The summed E-state index contributed by atoms with van der Waals surface area (Å²) in [5.41, 5.74) is 0.133. The van der Waals surface area contributed by atoms with Crippen molar-refractivity contribution in [1.82, 2.24) is 20.4 Å². The molecule has 11 heteroatoms. The average Bonchev–Trinajstić information content (AvgIpc) is 2.98. The van der Waals surface area contributed by atoms with Crippen LogP contribution in [-0.2, 0) is 17.4 Å². The molecule has 0 radical (unpaired) electrons. The summed E-state index contributed by atoms with van der Waals surface area (Å²) in [6.45, 7) is 0. The maximum atomic E-state index is 13.3. The fourth-order valence-corrected chi connectivity index (χ4v) is 2.19. The lowest BCUT2D eigenvalue weighted by Crippen LogP contribution is -2.50. The molecule has 1 aromatic heterocycles. The zero-order valence-corrected chi connectivity index (χ0v) is 13.4. The lowest BCUT2D eigenvalue weighted by atomic mass is 9.97. The van der Waals surface area contributed by atoms with Gasteiger partial charge in [-0.3, -0.25) is 20.4 Å². The van der Waals surface area contributed by atoms with E-state index in [9.17, 15) is 33.0 Å². The minimum atomic E-state index is -5.18. The number of hydrogen-bond acceptors (Lipinski definition) is 5. The molecule has 1 unspecified atom stereocenters. The van der Waals surface area contributed by atoms with E-state index in [4.69, 9.17) is 0 Å².